The first-order valence-corrected chi connectivity index (χ1v) is 7.40. The van der Waals surface area contributed by atoms with E-state index in [9.17, 15) is 0 Å². The van der Waals surface area contributed by atoms with Gasteiger partial charge in [0.25, 0.3) is 0 Å². The zero-order valence-electron chi connectivity index (χ0n) is 11.1. The second-order valence-electron chi connectivity index (χ2n) is 4.77. The lowest BCUT2D eigenvalue weighted by atomic mass is 10.3. The Morgan fingerprint density at radius 3 is 1.87 bits per heavy atom. The van der Waals surface area contributed by atoms with Crippen molar-refractivity contribution in [2.45, 2.75) is 52.0 Å². The lowest BCUT2D eigenvalue weighted by Crippen LogP contribution is -2.52. The highest BCUT2D eigenvalue weighted by atomic mass is 28.4. The topological polar surface area (TPSA) is 27.7 Å². The summed E-state index contributed by atoms with van der Waals surface area (Å²) < 4.78 is 16.9. The van der Waals surface area contributed by atoms with Gasteiger partial charge in [0.2, 0.25) is 0 Å². The number of unbranched alkanes of at least 4 members (excludes halogenated alkanes) is 2. The van der Waals surface area contributed by atoms with Gasteiger partial charge in [0.1, 0.15) is 0 Å². The lowest BCUT2D eigenvalue weighted by molar-refractivity contribution is 0.0746. The van der Waals surface area contributed by atoms with Crippen LogP contribution in [-0.2, 0) is 13.3 Å². The van der Waals surface area contributed by atoms with Crippen molar-refractivity contribution in [1.29, 1.82) is 0 Å². The number of hydrogen-bond acceptors (Lipinski definition) is 3. The molecule has 0 heterocycles. The third-order valence-electron chi connectivity index (χ3n) is 2.50. The Morgan fingerprint density at radius 1 is 1.00 bits per heavy atom. The van der Waals surface area contributed by atoms with Crippen LogP contribution >= 0.6 is 0 Å². The molecule has 0 aliphatic rings. The second-order valence-corrected chi connectivity index (χ2v) is 8.49. The van der Waals surface area contributed by atoms with Crippen molar-refractivity contribution in [1.82, 2.24) is 0 Å². The van der Waals surface area contributed by atoms with Gasteiger partial charge in [0, 0.05) is 25.9 Å². The Hall–Kier alpha value is 0.0969. The Bertz CT molecular complexity index is 162. The van der Waals surface area contributed by atoms with E-state index in [4.69, 9.17) is 13.3 Å². The summed E-state index contributed by atoms with van der Waals surface area (Å²) in [7, 11) is 0.868. The van der Waals surface area contributed by atoms with Crippen molar-refractivity contribution in [3.63, 3.8) is 0 Å². The quantitative estimate of drug-likeness (QED) is 0.500. The van der Waals surface area contributed by atoms with Crippen molar-refractivity contribution < 1.29 is 13.3 Å². The molecule has 0 unspecified atom stereocenters. The van der Waals surface area contributed by atoms with Gasteiger partial charge in [-0.25, -0.2) is 0 Å². The molecule has 92 valence electrons. The molecule has 0 rings (SSSR count). The summed E-state index contributed by atoms with van der Waals surface area (Å²) in [5, 5.41) is -0.0668. The van der Waals surface area contributed by atoms with E-state index in [2.05, 4.69) is 27.7 Å². The van der Waals surface area contributed by atoms with E-state index in [1.54, 1.807) is 14.2 Å². The highest BCUT2D eigenvalue weighted by Gasteiger charge is 2.51. The molecule has 0 aliphatic carbocycles. The van der Waals surface area contributed by atoms with Gasteiger partial charge >= 0.3 is 8.80 Å². The van der Waals surface area contributed by atoms with Crippen LogP contribution in [0.15, 0.2) is 0 Å². The van der Waals surface area contributed by atoms with E-state index < -0.39 is 8.80 Å². The zero-order chi connectivity index (χ0) is 11.9. The Labute approximate surface area is 95.5 Å². The molecule has 0 saturated carbocycles. The summed E-state index contributed by atoms with van der Waals surface area (Å²) in [6.07, 6.45) is 3.48. The lowest BCUT2D eigenvalue weighted by Gasteiger charge is -2.36. The molecular formula is C11H26O3Si. The predicted molar refractivity (Wildman–Crippen MR) is 65.0 cm³/mol. The molecule has 3 nitrogen and oxygen atoms in total. The molecule has 0 N–H and O–H groups in total. The van der Waals surface area contributed by atoms with E-state index in [0.29, 0.717) is 0 Å². The SMILES string of the molecule is CCCCCO[Si](OC)(OC)C(C)(C)C. The minimum absolute atomic E-state index is 0.0668. The fraction of sp³-hybridized carbons (Fsp3) is 1.00. The van der Waals surface area contributed by atoms with Crippen molar-refractivity contribution in [2.24, 2.45) is 0 Å². The summed E-state index contributed by atoms with van der Waals surface area (Å²) in [4.78, 5) is 0. The molecule has 0 aromatic carbocycles. The van der Waals surface area contributed by atoms with Gasteiger partial charge in [-0.3, -0.25) is 0 Å². The molecule has 0 spiro atoms. The maximum absolute atomic E-state index is 5.89. The summed E-state index contributed by atoms with van der Waals surface area (Å²) in [6, 6.07) is 0. The van der Waals surface area contributed by atoms with Gasteiger partial charge in [-0.15, -0.1) is 0 Å². The van der Waals surface area contributed by atoms with E-state index in [0.717, 1.165) is 13.0 Å². The van der Waals surface area contributed by atoms with Gasteiger partial charge in [-0.2, -0.15) is 0 Å². The molecule has 0 bridgehead atoms. The first-order chi connectivity index (χ1) is 6.93. The van der Waals surface area contributed by atoms with E-state index in [1.807, 2.05) is 0 Å². The standard InChI is InChI=1S/C11H26O3Si/c1-7-8-9-10-14-15(12-5,13-6)11(2,3)4/h7-10H2,1-6H3. The monoisotopic (exact) mass is 234 g/mol. The molecule has 0 fully saturated rings. The Morgan fingerprint density at radius 2 is 1.53 bits per heavy atom. The Kier molecular flexibility index (Phi) is 6.67. The molecule has 4 heteroatoms. The van der Waals surface area contributed by atoms with Crippen LogP contribution < -0.4 is 0 Å². The van der Waals surface area contributed by atoms with Crippen LogP contribution in [0, 0.1) is 0 Å². The van der Waals surface area contributed by atoms with Crippen LogP contribution in [0.1, 0.15) is 47.0 Å². The average molecular weight is 234 g/mol. The van der Waals surface area contributed by atoms with Gasteiger partial charge in [0.15, 0.2) is 0 Å². The molecule has 0 atom stereocenters. The largest absolute Gasteiger partial charge is 0.506 e. The fourth-order valence-corrected chi connectivity index (χ4v) is 4.06. The first-order valence-electron chi connectivity index (χ1n) is 5.67. The van der Waals surface area contributed by atoms with E-state index in [1.165, 1.54) is 12.8 Å². The Balaban J connectivity index is 4.26. The van der Waals surface area contributed by atoms with Crippen molar-refractivity contribution in [2.75, 3.05) is 20.8 Å². The fourth-order valence-electron chi connectivity index (χ4n) is 1.59. The van der Waals surface area contributed by atoms with Gasteiger partial charge in [-0.05, 0) is 6.42 Å². The van der Waals surface area contributed by atoms with Gasteiger partial charge in [0.05, 0.1) is 0 Å². The molecule has 0 radical (unpaired) electrons. The summed E-state index contributed by atoms with van der Waals surface area (Å²) in [6.45, 7) is 9.23. The second kappa shape index (κ2) is 6.63. The van der Waals surface area contributed by atoms with Crippen LogP contribution in [0.25, 0.3) is 0 Å². The third kappa shape index (κ3) is 4.22. The molecule has 0 aromatic rings. The molecular weight excluding hydrogens is 208 g/mol. The van der Waals surface area contributed by atoms with Crippen molar-refractivity contribution >= 4 is 8.80 Å². The predicted octanol–water partition coefficient (Wildman–Crippen LogP) is 3.23. The first kappa shape index (κ1) is 15.1. The highest BCUT2D eigenvalue weighted by Crippen LogP contribution is 2.37. The summed E-state index contributed by atoms with van der Waals surface area (Å²) >= 11 is 0. The highest BCUT2D eigenvalue weighted by molar-refractivity contribution is 6.63. The molecule has 15 heavy (non-hydrogen) atoms. The zero-order valence-corrected chi connectivity index (χ0v) is 12.1. The molecule has 0 aliphatic heterocycles. The number of hydrogen-bond donors (Lipinski definition) is 0. The maximum atomic E-state index is 5.89. The van der Waals surface area contributed by atoms with Crippen LogP contribution in [0.4, 0.5) is 0 Å². The smallest absolute Gasteiger partial charge is 0.377 e. The third-order valence-corrected chi connectivity index (χ3v) is 5.99. The van der Waals surface area contributed by atoms with Crippen LogP contribution in [0.3, 0.4) is 0 Å². The number of rotatable bonds is 7. The summed E-state index contributed by atoms with van der Waals surface area (Å²) in [5.74, 6) is 0. The summed E-state index contributed by atoms with van der Waals surface area (Å²) in [5.41, 5.74) is 0. The van der Waals surface area contributed by atoms with Crippen LogP contribution in [0.2, 0.25) is 5.04 Å². The van der Waals surface area contributed by atoms with Crippen LogP contribution in [0.5, 0.6) is 0 Å². The molecule has 0 amide bonds. The van der Waals surface area contributed by atoms with Crippen LogP contribution in [-0.4, -0.2) is 29.6 Å². The molecule has 0 saturated heterocycles. The average Bonchev–Trinajstić information content (AvgIpc) is 2.17. The van der Waals surface area contributed by atoms with E-state index in [-0.39, 0.29) is 5.04 Å². The molecule has 0 aromatic heterocycles. The van der Waals surface area contributed by atoms with E-state index >= 15 is 0 Å². The normalized spacial score (nSPS) is 13.2. The van der Waals surface area contributed by atoms with Gasteiger partial charge in [-0.1, -0.05) is 40.5 Å². The minimum Gasteiger partial charge on any atom is -0.377 e. The van der Waals surface area contributed by atoms with Crippen molar-refractivity contribution in [3.05, 3.63) is 0 Å². The minimum atomic E-state index is -2.50. The van der Waals surface area contributed by atoms with Crippen molar-refractivity contribution in [3.8, 4) is 0 Å². The maximum Gasteiger partial charge on any atom is 0.506 e. The van der Waals surface area contributed by atoms with Gasteiger partial charge < -0.3 is 13.3 Å².